The van der Waals surface area contributed by atoms with Gasteiger partial charge in [0.05, 0.1) is 18.8 Å². The first-order valence-electron chi connectivity index (χ1n) is 12.4. The molecule has 1 unspecified atom stereocenters. The molecule has 2 amide bonds. The van der Waals surface area contributed by atoms with Crippen LogP contribution in [0.5, 0.6) is 5.88 Å². The topological polar surface area (TPSA) is 106 Å². The molecule has 10 heteroatoms. The van der Waals surface area contributed by atoms with Gasteiger partial charge < -0.3 is 10.1 Å². The van der Waals surface area contributed by atoms with Gasteiger partial charge >= 0.3 is 6.03 Å². The number of fused-ring (bicyclic) bond motifs is 3. The Balaban J connectivity index is 1.19. The van der Waals surface area contributed by atoms with Gasteiger partial charge in [0.15, 0.2) is 4.90 Å². The molecule has 3 heterocycles. The van der Waals surface area contributed by atoms with Crippen molar-refractivity contribution >= 4 is 21.7 Å². The summed E-state index contributed by atoms with van der Waals surface area (Å²) in [6, 6.07) is 1.72. The lowest BCUT2D eigenvalue weighted by Gasteiger charge is -2.36. The van der Waals surface area contributed by atoms with Gasteiger partial charge in [0.2, 0.25) is 5.88 Å². The van der Waals surface area contributed by atoms with E-state index in [1.165, 1.54) is 36.6 Å². The van der Waals surface area contributed by atoms with E-state index in [1.807, 2.05) is 0 Å². The molecule has 1 saturated heterocycles. The van der Waals surface area contributed by atoms with Gasteiger partial charge in [-0.25, -0.2) is 22.6 Å². The highest BCUT2D eigenvalue weighted by atomic mass is 32.2. The number of nitrogens with zero attached hydrogens (tertiary/aromatic N) is 3. The van der Waals surface area contributed by atoms with Crippen molar-refractivity contribution in [2.45, 2.75) is 75.3 Å². The minimum Gasteiger partial charge on any atom is -0.475 e. The van der Waals surface area contributed by atoms with Crippen LogP contribution >= 0.6 is 0 Å². The molecule has 34 heavy (non-hydrogen) atoms. The van der Waals surface area contributed by atoms with Crippen LogP contribution in [-0.2, 0) is 42.3 Å². The number of hydrogen-bond donors (Lipinski definition) is 2. The zero-order valence-corrected chi connectivity index (χ0v) is 20.1. The largest absolute Gasteiger partial charge is 0.475 e. The summed E-state index contributed by atoms with van der Waals surface area (Å²) in [5.74, 6) is 0.204. The van der Waals surface area contributed by atoms with E-state index in [0.717, 1.165) is 68.4 Å². The van der Waals surface area contributed by atoms with Crippen molar-refractivity contribution in [3.8, 4) is 5.88 Å². The fourth-order valence-corrected chi connectivity index (χ4v) is 7.02. The summed E-state index contributed by atoms with van der Waals surface area (Å²) in [6.07, 6.45) is 10.8. The molecule has 0 bridgehead atoms. The summed E-state index contributed by atoms with van der Waals surface area (Å²) < 4.78 is 35.9. The van der Waals surface area contributed by atoms with E-state index in [-0.39, 0.29) is 16.8 Å². The molecule has 1 aromatic heterocycles. The second-order valence-electron chi connectivity index (χ2n) is 9.85. The van der Waals surface area contributed by atoms with Crippen LogP contribution in [0.1, 0.15) is 54.4 Å². The SMILES string of the molecule is O=C(Nc1c2c(cc3c1CCC3)CCC2)NS(=O)(=O)c1cnn2c1OCC(N1CCCCC1)C2. The molecule has 1 atom stereocenters. The highest BCUT2D eigenvalue weighted by Gasteiger charge is 2.34. The average Bonchev–Trinajstić information content (AvgIpc) is 3.58. The Hall–Kier alpha value is -2.59. The number of carbonyl (C=O) groups excluding carboxylic acids is 1. The fourth-order valence-electron chi connectivity index (χ4n) is 6.03. The summed E-state index contributed by atoms with van der Waals surface area (Å²) >= 11 is 0. The lowest BCUT2D eigenvalue weighted by molar-refractivity contribution is 0.0686. The molecule has 1 fully saturated rings. The third-order valence-electron chi connectivity index (χ3n) is 7.69. The number of ether oxygens (including phenoxy) is 1. The number of anilines is 1. The molecular weight excluding hydrogens is 454 g/mol. The van der Waals surface area contributed by atoms with Crippen molar-refractivity contribution < 1.29 is 17.9 Å². The van der Waals surface area contributed by atoms with Gasteiger partial charge in [0, 0.05) is 5.69 Å². The van der Waals surface area contributed by atoms with Crippen molar-refractivity contribution in [2.24, 2.45) is 0 Å². The fraction of sp³-hybridized carbons (Fsp3) is 0.583. The number of sulfonamides is 1. The zero-order valence-electron chi connectivity index (χ0n) is 19.3. The first-order chi connectivity index (χ1) is 16.5. The van der Waals surface area contributed by atoms with Crippen LogP contribution in [0.15, 0.2) is 17.2 Å². The summed E-state index contributed by atoms with van der Waals surface area (Å²) in [6.45, 7) is 3.07. The molecule has 2 N–H and O–H groups in total. The number of aryl methyl sites for hydroxylation is 2. The van der Waals surface area contributed by atoms with Gasteiger partial charge in [-0.3, -0.25) is 4.90 Å². The maximum Gasteiger partial charge on any atom is 0.333 e. The van der Waals surface area contributed by atoms with E-state index in [9.17, 15) is 13.2 Å². The maximum absolute atomic E-state index is 13.1. The molecule has 2 aliphatic carbocycles. The molecule has 2 aromatic rings. The maximum atomic E-state index is 13.1. The predicted octanol–water partition coefficient (Wildman–Crippen LogP) is 2.62. The molecule has 1 aromatic carbocycles. The highest BCUT2D eigenvalue weighted by molar-refractivity contribution is 7.90. The Labute approximate surface area is 199 Å². The number of urea groups is 1. The van der Waals surface area contributed by atoms with Crippen molar-refractivity contribution in [1.82, 2.24) is 19.4 Å². The van der Waals surface area contributed by atoms with Gasteiger partial charge in [0.1, 0.15) is 6.61 Å². The van der Waals surface area contributed by atoms with Crippen molar-refractivity contribution in [3.63, 3.8) is 0 Å². The summed E-state index contributed by atoms with van der Waals surface area (Å²) in [5.41, 5.74) is 5.68. The first-order valence-corrected chi connectivity index (χ1v) is 13.9. The third-order valence-corrected chi connectivity index (χ3v) is 9.00. The lowest BCUT2D eigenvalue weighted by Crippen LogP contribution is -2.47. The smallest absolute Gasteiger partial charge is 0.333 e. The van der Waals surface area contributed by atoms with Crippen LogP contribution in [0.25, 0.3) is 0 Å². The Morgan fingerprint density at radius 1 is 1.00 bits per heavy atom. The molecule has 182 valence electrons. The molecule has 4 aliphatic rings. The molecular formula is C24H31N5O4S. The second-order valence-corrected chi connectivity index (χ2v) is 11.5. The molecule has 6 rings (SSSR count). The minimum absolute atomic E-state index is 0.0942. The molecule has 0 spiro atoms. The summed E-state index contributed by atoms with van der Waals surface area (Å²) in [7, 11) is -4.13. The molecule has 2 aliphatic heterocycles. The number of nitrogens with one attached hydrogen (secondary N) is 2. The van der Waals surface area contributed by atoms with E-state index in [2.05, 4.69) is 26.1 Å². The van der Waals surface area contributed by atoms with Gasteiger partial charge in [-0.05, 0) is 86.7 Å². The molecule has 0 radical (unpaired) electrons. The number of benzene rings is 1. The van der Waals surface area contributed by atoms with Crippen LogP contribution in [0.2, 0.25) is 0 Å². The van der Waals surface area contributed by atoms with Crippen LogP contribution in [0, 0.1) is 0 Å². The Kier molecular flexibility index (Phi) is 5.52. The standard InChI is InChI=1S/C24H31N5O4S/c30-24(26-22-19-8-4-6-16(19)12-17-7-5-9-20(17)22)27-34(31,32)21-13-25-29-14-18(15-33-23(21)29)28-10-2-1-3-11-28/h12-13,18H,1-11,14-15H2,(H2,26,27,30). The Morgan fingerprint density at radius 2 is 1.71 bits per heavy atom. The van der Waals surface area contributed by atoms with Crippen molar-refractivity contribution in [3.05, 3.63) is 34.5 Å². The highest BCUT2D eigenvalue weighted by Crippen LogP contribution is 2.38. The van der Waals surface area contributed by atoms with Crippen LogP contribution < -0.4 is 14.8 Å². The Bertz CT molecular complexity index is 1200. The van der Waals surface area contributed by atoms with Gasteiger partial charge in [-0.2, -0.15) is 5.10 Å². The van der Waals surface area contributed by atoms with Gasteiger partial charge in [-0.1, -0.05) is 12.5 Å². The van der Waals surface area contributed by atoms with E-state index >= 15 is 0 Å². The quantitative estimate of drug-likeness (QED) is 0.690. The number of piperidine rings is 1. The predicted molar refractivity (Wildman–Crippen MR) is 127 cm³/mol. The average molecular weight is 486 g/mol. The van der Waals surface area contributed by atoms with Crippen LogP contribution in [-0.4, -0.2) is 54.9 Å². The monoisotopic (exact) mass is 485 g/mol. The van der Waals surface area contributed by atoms with E-state index < -0.39 is 16.1 Å². The third kappa shape index (κ3) is 3.86. The zero-order chi connectivity index (χ0) is 23.3. The number of aromatic nitrogens is 2. The van der Waals surface area contributed by atoms with E-state index in [0.29, 0.717) is 13.2 Å². The number of rotatable bonds is 4. The lowest BCUT2D eigenvalue weighted by atomic mass is 9.99. The number of carbonyl (C=O) groups is 1. The Morgan fingerprint density at radius 3 is 2.41 bits per heavy atom. The van der Waals surface area contributed by atoms with Crippen molar-refractivity contribution in [2.75, 3.05) is 25.0 Å². The molecule has 9 nitrogen and oxygen atoms in total. The minimum atomic E-state index is -4.13. The van der Waals surface area contributed by atoms with Gasteiger partial charge in [-0.15, -0.1) is 0 Å². The van der Waals surface area contributed by atoms with Crippen molar-refractivity contribution in [1.29, 1.82) is 0 Å². The second kappa shape index (κ2) is 8.57. The molecule has 0 saturated carbocycles. The van der Waals surface area contributed by atoms with E-state index in [1.54, 1.807) is 4.68 Å². The first kappa shape index (κ1) is 21.9. The number of hydrogen-bond acceptors (Lipinski definition) is 6. The van der Waals surface area contributed by atoms with Crippen LogP contribution in [0.4, 0.5) is 10.5 Å². The normalized spacial score (nSPS) is 21.9. The summed E-state index contributed by atoms with van der Waals surface area (Å²) in [5, 5.41) is 7.15. The van der Waals surface area contributed by atoms with Gasteiger partial charge in [0.25, 0.3) is 10.0 Å². The van der Waals surface area contributed by atoms with Crippen LogP contribution in [0.3, 0.4) is 0 Å². The number of amides is 2. The van der Waals surface area contributed by atoms with E-state index in [4.69, 9.17) is 4.74 Å². The summed E-state index contributed by atoms with van der Waals surface area (Å²) in [4.78, 5) is 15.2. The number of likely N-dealkylation sites (tertiary alicyclic amines) is 1.